The quantitative estimate of drug-likeness (QED) is 0.545. The fourth-order valence-electron chi connectivity index (χ4n) is 6.93. The van der Waals surface area contributed by atoms with Crippen molar-refractivity contribution in [3.8, 4) is 0 Å². The van der Waals surface area contributed by atoms with Crippen LogP contribution < -0.4 is 4.90 Å². The topological polar surface area (TPSA) is 84.5 Å². The number of anilines is 1. The molecule has 3 aliphatic heterocycles. The number of para-hydroxylation sites is 1. The van der Waals surface area contributed by atoms with Gasteiger partial charge in [0.2, 0.25) is 17.7 Å². The number of carbonyl (C=O) groups excluding carboxylic acids is 4. The third-order valence-electron chi connectivity index (χ3n) is 9.28. The number of hydrogen-bond acceptors (Lipinski definition) is 5. The highest BCUT2D eigenvalue weighted by Crippen LogP contribution is 2.35. The Balaban J connectivity index is 1.09. The lowest BCUT2D eigenvalue weighted by atomic mass is 9.81. The SMILES string of the molecule is O=C(CN1C(=O)N(CCC(=O)N2CCc3ccccc3C2)C(=O)C2CCCCC21)N1CCN(c2ccccc2)CC1. The lowest BCUT2D eigenvalue weighted by Crippen LogP contribution is -2.64. The van der Waals surface area contributed by atoms with Crippen LogP contribution in [0.15, 0.2) is 54.6 Å². The van der Waals surface area contributed by atoms with Gasteiger partial charge >= 0.3 is 6.03 Å². The predicted molar refractivity (Wildman–Crippen MR) is 155 cm³/mol. The van der Waals surface area contributed by atoms with Crippen molar-refractivity contribution in [2.75, 3.05) is 50.7 Å². The summed E-state index contributed by atoms with van der Waals surface area (Å²) in [5.74, 6) is -0.615. The zero-order valence-electron chi connectivity index (χ0n) is 23.6. The van der Waals surface area contributed by atoms with Crippen LogP contribution in [0.4, 0.5) is 10.5 Å². The Hall–Kier alpha value is -3.88. The summed E-state index contributed by atoms with van der Waals surface area (Å²) in [5, 5.41) is 0. The second kappa shape index (κ2) is 11.9. The molecule has 2 unspecified atom stereocenters. The standard InChI is InChI=1S/C32H39N5O4/c38-29(35-16-14-24-8-4-5-9-25(24)22-35)15-17-36-31(40)27-12-6-7-13-28(27)37(32(36)41)23-30(39)34-20-18-33(19-21-34)26-10-2-1-3-11-26/h1-5,8-11,27-28H,6-7,12-23H2. The van der Waals surface area contributed by atoms with E-state index in [-0.39, 0.29) is 49.2 Å². The third-order valence-corrected chi connectivity index (χ3v) is 9.28. The van der Waals surface area contributed by atoms with Gasteiger partial charge in [-0.3, -0.25) is 19.3 Å². The Bertz CT molecular complexity index is 1290. The van der Waals surface area contributed by atoms with Crippen LogP contribution in [0.5, 0.6) is 0 Å². The van der Waals surface area contributed by atoms with Crippen LogP contribution in [0.2, 0.25) is 0 Å². The molecule has 41 heavy (non-hydrogen) atoms. The van der Waals surface area contributed by atoms with E-state index in [2.05, 4.69) is 23.1 Å². The predicted octanol–water partition coefficient (Wildman–Crippen LogP) is 3.13. The molecule has 0 spiro atoms. The summed E-state index contributed by atoms with van der Waals surface area (Å²) in [6.07, 6.45) is 4.23. The highest BCUT2D eigenvalue weighted by molar-refractivity contribution is 6.00. The van der Waals surface area contributed by atoms with Gasteiger partial charge in [0.05, 0.1) is 5.92 Å². The largest absolute Gasteiger partial charge is 0.368 e. The first-order chi connectivity index (χ1) is 20.0. The van der Waals surface area contributed by atoms with Gasteiger partial charge in [0.15, 0.2) is 0 Å². The van der Waals surface area contributed by atoms with Crippen LogP contribution in [0.3, 0.4) is 0 Å². The molecule has 4 aliphatic rings. The van der Waals surface area contributed by atoms with E-state index >= 15 is 0 Å². The van der Waals surface area contributed by atoms with Gasteiger partial charge in [0.1, 0.15) is 6.54 Å². The lowest BCUT2D eigenvalue weighted by molar-refractivity contribution is -0.145. The number of carbonyl (C=O) groups is 4. The number of nitrogens with zero attached hydrogens (tertiary/aromatic N) is 5. The van der Waals surface area contributed by atoms with Crippen molar-refractivity contribution in [2.45, 2.75) is 51.1 Å². The molecule has 3 fully saturated rings. The maximum absolute atomic E-state index is 13.7. The first kappa shape index (κ1) is 27.3. The minimum Gasteiger partial charge on any atom is -0.368 e. The average molecular weight is 558 g/mol. The summed E-state index contributed by atoms with van der Waals surface area (Å²) in [4.78, 5) is 62.6. The Morgan fingerprint density at radius 2 is 1.46 bits per heavy atom. The normalized spacial score (nSPS) is 22.9. The van der Waals surface area contributed by atoms with Gasteiger partial charge in [0.25, 0.3) is 0 Å². The van der Waals surface area contributed by atoms with E-state index in [9.17, 15) is 19.2 Å². The lowest BCUT2D eigenvalue weighted by Gasteiger charge is -2.47. The first-order valence-corrected chi connectivity index (χ1v) is 15.0. The number of rotatable bonds is 6. The summed E-state index contributed by atoms with van der Waals surface area (Å²) in [6.45, 7) is 3.90. The van der Waals surface area contributed by atoms with E-state index in [1.807, 2.05) is 46.2 Å². The van der Waals surface area contributed by atoms with Crippen molar-refractivity contribution < 1.29 is 19.2 Å². The van der Waals surface area contributed by atoms with Crippen molar-refractivity contribution in [1.82, 2.24) is 19.6 Å². The van der Waals surface area contributed by atoms with Crippen molar-refractivity contribution in [3.05, 3.63) is 65.7 Å². The molecule has 1 aliphatic carbocycles. The molecule has 2 saturated heterocycles. The van der Waals surface area contributed by atoms with Gasteiger partial charge in [-0.15, -0.1) is 0 Å². The smallest absolute Gasteiger partial charge is 0.327 e. The van der Waals surface area contributed by atoms with Crippen LogP contribution in [-0.4, -0.2) is 95.2 Å². The van der Waals surface area contributed by atoms with E-state index in [0.717, 1.165) is 50.0 Å². The molecule has 0 N–H and O–H groups in total. The zero-order valence-corrected chi connectivity index (χ0v) is 23.6. The molecular weight excluding hydrogens is 518 g/mol. The Morgan fingerprint density at radius 3 is 2.24 bits per heavy atom. The van der Waals surface area contributed by atoms with Crippen LogP contribution in [0, 0.1) is 5.92 Å². The second-order valence-electron chi connectivity index (χ2n) is 11.6. The third kappa shape index (κ3) is 5.67. The molecule has 9 nitrogen and oxygen atoms in total. The van der Waals surface area contributed by atoms with Gasteiger partial charge in [-0.05, 0) is 42.5 Å². The van der Waals surface area contributed by atoms with Gasteiger partial charge in [-0.25, -0.2) is 4.79 Å². The molecule has 0 bridgehead atoms. The van der Waals surface area contributed by atoms with Gasteiger partial charge in [-0.1, -0.05) is 55.3 Å². The molecule has 9 heteroatoms. The molecule has 2 atom stereocenters. The molecule has 5 amide bonds. The zero-order chi connectivity index (χ0) is 28.3. The number of hydrogen-bond donors (Lipinski definition) is 0. The van der Waals surface area contributed by atoms with Crippen molar-refractivity contribution in [1.29, 1.82) is 0 Å². The summed E-state index contributed by atoms with van der Waals surface area (Å²) in [7, 11) is 0. The average Bonchev–Trinajstić information content (AvgIpc) is 3.03. The summed E-state index contributed by atoms with van der Waals surface area (Å²) in [6, 6.07) is 17.7. The van der Waals surface area contributed by atoms with Crippen molar-refractivity contribution >= 4 is 29.4 Å². The summed E-state index contributed by atoms with van der Waals surface area (Å²) < 4.78 is 0. The van der Waals surface area contributed by atoms with Crippen LogP contribution in [0.1, 0.15) is 43.2 Å². The van der Waals surface area contributed by atoms with Crippen LogP contribution >= 0.6 is 0 Å². The summed E-state index contributed by atoms with van der Waals surface area (Å²) >= 11 is 0. The Morgan fingerprint density at radius 1 is 0.756 bits per heavy atom. The maximum Gasteiger partial charge on any atom is 0.327 e. The number of piperazine rings is 1. The second-order valence-corrected chi connectivity index (χ2v) is 11.6. The number of urea groups is 1. The van der Waals surface area contributed by atoms with Crippen LogP contribution in [-0.2, 0) is 27.3 Å². The molecule has 0 aromatic heterocycles. The highest BCUT2D eigenvalue weighted by atomic mass is 16.2. The molecule has 2 aromatic rings. The van der Waals surface area contributed by atoms with E-state index in [4.69, 9.17) is 0 Å². The molecule has 6 rings (SSSR count). The van der Waals surface area contributed by atoms with Gasteiger partial charge in [-0.2, -0.15) is 0 Å². The molecule has 1 saturated carbocycles. The van der Waals surface area contributed by atoms with Crippen LogP contribution in [0.25, 0.3) is 0 Å². The maximum atomic E-state index is 13.7. The Kier molecular flexibility index (Phi) is 7.94. The summed E-state index contributed by atoms with van der Waals surface area (Å²) in [5.41, 5.74) is 3.56. The highest BCUT2D eigenvalue weighted by Gasteiger charge is 2.47. The van der Waals surface area contributed by atoms with E-state index in [0.29, 0.717) is 32.6 Å². The monoisotopic (exact) mass is 557 g/mol. The first-order valence-electron chi connectivity index (χ1n) is 15.0. The number of benzene rings is 2. The minimum absolute atomic E-state index is 0.0219. The van der Waals surface area contributed by atoms with Gasteiger partial charge in [0, 0.05) is 64.0 Å². The van der Waals surface area contributed by atoms with E-state index in [1.165, 1.54) is 10.5 Å². The van der Waals surface area contributed by atoms with Gasteiger partial charge < -0.3 is 19.6 Å². The van der Waals surface area contributed by atoms with E-state index < -0.39 is 6.03 Å². The molecule has 216 valence electrons. The number of fused-ring (bicyclic) bond motifs is 2. The fraction of sp³-hybridized carbons (Fsp3) is 0.500. The molecule has 0 radical (unpaired) electrons. The molecule has 3 heterocycles. The number of imide groups is 1. The fourth-order valence-corrected chi connectivity index (χ4v) is 6.93. The molecule has 2 aromatic carbocycles. The number of amides is 5. The van der Waals surface area contributed by atoms with Crippen molar-refractivity contribution in [3.63, 3.8) is 0 Å². The van der Waals surface area contributed by atoms with Crippen molar-refractivity contribution in [2.24, 2.45) is 5.92 Å². The molecular formula is C32H39N5O4. The van der Waals surface area contributed by atoms with E-state index in [1.54, 1.807) is 4.90 Å². The minimum atomic E-state index is -0.425. The Labute approximate surface area is 241 Å².